The Morgan fingerprint density at radius 1 is 0.200 bits per heavy atom. The largest absolute Gasteiger partial charge is 0.311 e. The molecule has 0 aliphatic heterocycles. The third-order valence-electron chi connectivity index (χ3n) is 25.2. The fraction of sp³-hybridized carbons (Fsp3) is 0.0769. The first-order chi connectivity index (χ1) is 59.0. The van der Waals surface area contributed by atoms with Crippen molar-refractivity contribution in [1.29, 1.82) is 0 Å². The molecule has 0 heterocycles. The van der Waals surface area contributed by atoms with Gasteiger partial charge in [0.25, 0.3) is 0 Å². The highest BCUT2D eigenvalue weighted by atomic mass is 15.2. The van der Waals surface area contributed by atoms with Gasteiger partial charge in [0.1, 0.15) is 0 Å². The molecule has 574 valence electrons. The zero-order chi connectivity index (χ0) is 80.7. The van der Waals surface area contributed by atoms with Gasteiger partial charge in [0.2, 0.25) is 0 Å². The van der Waals surface area contributed by atoms with Gasteiger partial charge in [-0.25, -0.2) is 0 Å². The van der Waals surface area contributed by atoms with E-state index in [0.717, 1.165) is 69.6 Å². The SMILES string of the molecule is Cc1ccc(N(c2ccccc2)c2ccc(-c3ccc4c(c3)C(C)(C)c3cc(-c5ccc(N(c6ccccc6)c6ccc(-c7ccc(C(c8ccccc8)c8ccc(-c9ccc%10c(c9)C(Cc9ccccc9)(Cc9ccccc9)c9cc(-c%11ccc(N(c%12ccccc%12)c%12ccc(C)cc%12)cc%11)ccc9-%10)cc8)cc7)cc6)cc5)ccc3-4)cc2)cc1. The van der Waals surface area contributed by atoms with Crippen molar-refractivity contribution in [1.82, 2.24) is 0 Å². The second kappa shape index (κ2) is 31.8. The topological polar surface area (TPSA) is 9.72 Å². The maximum Gasteiger partial charge on any atom is 0.0462 e. The molecule has 0 saturated carbocycles. The van der Waals surface area contributed by atoms with Gasteiger partial charge in [-0.1, -0.05) is 340 Å². The summed E-state index contributed by atoms with van der Waals surface area (Å²) in [5.74, 6) is 0.0163. The van der Waals surface area contributed by atoms with Crippen LogP contribution in [0.25, 0.3) is 77.9 Å². The van der Waals surface area contributed by atoms with Gasteiger partial charge in [0.15, 0.2) is 0 Å². The second-order valence-electron chi connectivity index (χ2n) is 33.0. The maximum atomic E-state index is 2.53. The third-order valence-corrected chi connectivity index (χ3v) is 25.2. The first kappa shape index (κ1) is 74.2. The molecule has 120 heavy (non-hydrogen) atoms. The highest BCUT2D eigenvalue weighted by Crippen LogP contribution is 2.56. The summed E-state index contributed by atoms with van der Waals surface area (Å²) in [5, 5.41) is 0. The number of hydrogen-bond donors (Lipinski definition) is 0. The standard InChI is InChI=1S/C117H91N3/c1-81-35-59-101(60-36-81)118(98-29-17-8-18-30-98)104-65-49-88(50-66-104)94-55-71-107-108-72-56-95(76-112(108)116(3,4)111(107)75-94)89-51-67-106(68-52-89)120(100-33-21-10-22-34-100)103-63-47-86(48-64-103)85-39-43-92(44-40-85)115(91-27-15-7-16-28-91)93-45-41-87(42-46-93)96-57-73-109-110-74-58-97(90-53-69-105(70-54-90)119(99-31-19-9-20-32-99)102-61-37-82(2)38-62-102)78-114(110)117(113(109)77-96,79-83-23-11-5-12-24-83)80-84-25-13-6-14-26-84/h5-78,115H,79-80H2,1-4H3. The molecule has 0 aromatic heterocycles. The summed E-state index contributed by atoms with van der Waals surface area (Å²) in [7, 11) is 0. The van der Waals surface area contributed by atoms with Gasteiger partial charge < -0.3 is 14.7 Å². The molecule has 0 N–H and O–H groups in total. The average molecular weight is 1540 g/mol. The average Bonchev–Trinajstić information content (AvgIpc) is 1.57. The van der Waals surface area contributed by atoms with E-state index in [1.165, 1.54) is 134 Å². The Balaban J connectivity index is 0.556. The van der Waals surface area contributed by atoms with E-state index in [1.807, 2.05) is 0 Å². The van der Waals surface area contributed by atoms with Gasteiger partial charge in [-0.3, -0.25) is 0 Å². The van der Waals surface area contributed by atoms with Crippen molar-refractivity contribution >= 4 is 51.2 Å². The normalized spacial score (nSPS) is 12.8. The Bertz CT molecular complexity index is 6610. The lowest BCUT2D eigenvalue weighted by atomic mass is 9.69. The van der Waals surface area contributed by atoms with Gasteiger partial charge >= 0.3 is 0 Å². The minimum Gasteiger partial charge on any atom is -0.311 e. The fourth-order valence-electron chi connectivity index (χ4n) is 18.9. The van der Waals surface area contributed by atoms with Crippen LogP contribution >= 0.6 is 0 Å². The van der Waals surface area contributed by atoms with Crippen LogP contribution in [0, 0.1) is 13.8 Å². The lowest BCUT2D eigenvalue weighted by molar-refractivity contribution is 0.520. The summed E-state index contributed by atoms with van der Waals surface area (Å²) < 4.78 is 0. The fourth-order valence-corrected chi connectivity index (χ4v) is 18.9. The van der Waals surface area contributed by atoms with E-state index in [1.54, 1.807) is 0 Å². The summed E-state index contributed by atoms with van der Waals surface area (Å²) in [6.45, 7) is 9.05. The van der Waals surface area contributed by atoms with E-state index in [0.29, 0.717) is 0 Å². The molecule has 0 saturated heterocycles. The van der Waals surface area contributed by atoms with E-state index in [2.05, 4.69) is 491 Å². The minimum atomic E-state index is -0.378. The van der Waals surface area contributed by atoms with Gasteiger partial charge in [-0.15, -0.1) is 0 Å². The van der Waals surface area contributed by atoms with Crippen LogP contribution < -0.4 is 14.7 Å². The molecule has 0 radical (unpaired) electrons. The first-order valence-electron chi connectivity index (χ1n) is 42.0. The van der Waals surface area contributed by atoms with Crippen LogP contribution in [0.4, 0.5) is 51.2 Å². The zero-order valence-electron chi connectivity index (χ0n) is 68.1. The molecule has 3 nitrogen and oxygen atoms in total. The Kier molecular flexibility index (Phi) is 19.6. The molecule has 0 bridgehead atoms. The van der Waals surface area contributed by atoms with Crippen LogP contribution in [-0.2, 0) is 23.7 Å². The number of hydrogen-bond acceptors (Lipinski definition) is 3. The molecule has 1 atom stereocenters. The summed E-state index contributed by atoms with van der Waals surface area (Å²) in [4.78, 5) is 7.03. The number of para-hydroxylation sites is 3. The van der Waals surface area contributed by atoms with E-state index in [-0.39, 0.29) is 16.7 Å². The molecule has 20 rings (SSSR count). The van der Waals surface area contributed by atoms with Crippen LogP contribution in [0.2, 0.25) is 0 Å². The van der Waals surface area contributed by atoms with E-state index in [4.69, 9.17) is 0 Å². The molecule has 1 unspecified atom stereocenters. The second-order valence-corrected chi connectivity index (χ2v) is 33.0. The van der Waals surface area contributed by atoms with Gasteiger partial charge in [-0.2, -0.15) is 0 Å². The van der Waals surface area contributed by atoms with Crippen molar-refractivity contribution in [2.24, 2.45) is 0 Å². The molecule has 2 aliphatic carbocycles. The first-order valence-corrected chi connectivity index (χ1v) is 42.0. The van der Waals surface area contributed by atoms with Crippen LogP contribution in [0.15, 0.2) is 449 Å². The highest BCUT2D eigenvalue weighted by molar-refractivity contribution is 5.90. The molecule has 2 aliphatic rings. The van der Waals surface area contributed by atoms with E-state index >= 15 is 0 Å². The number of benzene rings is 18. The predicted octanol–water partition coefficient (Wildman–Crippen LogP) is 31.3. The van der Waals surface area contributed by atoms with Gasteiger partial charge in [0.05, 0.1) is 0 Å². The van der Waals surface area contributed by atoms with Crippen molar-refractivity contribution in [2.75, 3.05) is 14.7 Å². The molecule has 0 amide bonds. The highest BCUT2D eigenvalue weighted by Gasteiger charge is 2.44. The Hall–Kier alpha value is -14.6. The molecule has 3 heteroatoms. The van der Waals surface area contributed by atoms with Crippen LogP contribution in [0.1, 0.15) is 81.0 Å². The maximum absolute atomic E-state index is 2.53. The number of anilines is 9. The molecule has 18 aromatic carbocycles. The summed E-state index contributed by atoms with van der Waals surface area (Å²) in [5.41, 5.74) is 41.0. The smallest absolute Gasteiger partial charge is 0.0462 e. The molecule has 18 aromatic rings. The van der Waals surface area contributed by atoms with Gasteiger partial charge in [-0.05, 0) is 288 Å². The quantitative estimate of drug-likeness (QED) is 0.0664. The number of aryl methyl sites for hydroxylation is 2. The molecule has 0 spiro atoms. The molecule has 0 fully saturated rings. The Morgan fingerprint density at radius 2 is 0.408 bits per heavy atom. The summed E-state index contributed by atoms with van der Waals surface area (Å²) in [6.07, 6.45) is 1.70. The Labute approximate surface area is 706 Å². The van der Waals surface area contributed by atoms with Crippen molar-refractivity contribution < 1.29 is 0 Å². The van der Waals surface area contributed by atoms with Crippen LogP contribution in [0.5, 0.6) is 0 Å². The summed E-state index contributed by atoms with van der Waals surface area (Å²) in [6, 6.07) is 167. The predicted molar refractivity (Wildman–Crippen MR) is 505 cm³/mol. The van der Waals surface area contributed by atoms with Crippen molar-refractivity contribution in [3.63, 3.8) is 0 Å². The number of nitrogens with zero attached hydrogens (tertiary/aromatic N) is 3. The monoisotopic (exact) mass is 1540 g/mol. The molecular formula is C117H91N3. The lowest BCUT2D eigenvalue weighted by Crippen LogP contribution is -2.31. The zero-order valence-corrected chi connectivity index (χ0v) is 68.1. The van der Waals surface area contributed by atoms with E-state index in [9.17, 15) is 0 Å². The van der Waals surface area contributed by atoms with Crippen LogP contribution in [0.3, 0.4) is 0 Å². The van der Waals surface area contributed by atoms with Crippen molar-refractivity contribution in [2.45, 2.75) is 57.3 Å². The molecular weight excluding hydrogens is 1450 g/mol. The number of fused-ring (bicyclic) bond motifs is 6. The van der Waals surface area contributed by atoms with Crippen molar-refractivity contribution in [3.05, 3.63) is 510 Å². The Morgan fingerprint density at radius 3 is 0.700 bits per heavy atom. The number of rotatable bonds is 21. The lowest BCUT2D eigenvalue weighted by Gasteiger charge is -2.33. The minimum absolute atomic E-state index is 0.0163. The third kappa shape index (κ3) is 14.3. The van der Waals surface area contributed by atoms with Crippen LogP contribution in [-0.4, -0.2) is 0 Å². The van der Waals surface area contributed by atoms with Crippen molar-refractivity contribution in [3.8, 4) is 77.9 Å². The van der Waals surface area contributed by atoms with Gasteiger partial charge in [0, 0.05) is 67.9 Å². The van der Waals surface area contributed by atoms with E-state index < -0.39 is 0 Å². The summed E-state index contributed by atoms with van der Waals surface area (Å²) >= 11 is 0.